The zero-order valence-electron chi connectivity index (χ0n) is 13.8. The van der Waals surface area contributed by atoms with Crippen LogP contribution in [-0.2, 0) is 6.54 Å². The molecule has 4 aromatic rings. The van der Waals surface area contributed by atoms with Gasteiger partial charge in [0.2, 0.25) is 0 Å². The average molecular weight is 368 g/mol. The van der Waals surface area contributed by atoms with Gasteiger partial charge in [-0.15, -0.1) is 22.7 Å². The molecule has 0 aromatic carbocycles. The molecule has 0 radical (unpaired) electrons. The zero-order valence-corrected chi connectivity index (χ0v) is 15.4. The van der Waals surface area contributed by atoms with Crippen LogP contribution in [0.5, 0.6) is 0 Å². The summed E-state index contributed by atoms with van der Waals surface area (Å²) in [6.07, 6.45) is 1.86. The number of amides is 1. The minimum absolute atomic E-state index is 0.123. The first kappa shape index (κ1) is 16.0. The van der Waals surface area contributed by atoms with Crippen molar-refractivity contribution in [2.75, 3.05) is 0 Å². The molecule has 0 saturated heterocycles. The van der Waals surface area contributed by atoms with Crippen LogP contribution in [0.2, 0.25) is 0 Å². The van der Waals surface area contributed by atoms with Gasteiger partial charge in [-0.25, -0.2) is 9.97 Å². The molecule has 1 amide bonds. The minimum Gasteiger partial charge on any atom is -0.346 e. The zero-order chi connectivity index (χ0) is 17.4. The maximum Gasteiger partial charge on any atom is 0.270 e. The Morgan fingerprint density at radius 3 is 2.84 bits per heavy atom. The number of rotatable bonds is 4. The third kappa shape index (κ3) is 2.96. The van der Waals surface area contributed by atoms with Crippen LogP contribution in [0.4, 0.5) is 0 Å². The molecule has 1 N–H and O–H groups in total. The predicted molar refractivity (Wildman–Crippen MR) is 101 cm³/mol. The number of aryl methyl sites for hydroxylation is 2. The van der Waals surface area contributed by atoms with Crippen molar-refractivity contribution in [1.82, 2.24) is 19.7 Å². The molecule has 4 aromatic heterocycles. The van der Waals surface area contributed by atoms with Gasteiger partial charge in [0.1, 0.15) is 16.3 Å². The number of imidazole rings is 1. The van der Waals surface area contributed by atoms with Gasteiger partial charge in [0.15, 0.2) is 0 Å². The Bertz CT molecular complexity index is 1050. The first-order chi connectivity index (χ1) is 12.1. The molecule has 0 unspecified atom stereocenters. The van der Waals surface area contributed by atoms with Crippen LogP contribution in [0.15, 0.2) is 41.9 Å². The van der Waals surface area contributed by atoms with Crippen molar-refractivity contribution in [3.63, 3.8) is 0 Å². The lowest BCUT2D eigenvalue weighted by atomic mass is 10.3. The Kier molecular flexibility index (Phi) is 4.10. The van der Waals surface area contributed by atoms with E-state index in [4.69, 9.17) is 0 Å². The minimum atomic E-state index is -0.123. The Hall–Kier alpha value is -2.51. The van der Waals surface area contributed by atoms with Crippen LogP contribution in [0.25, 0.3) is 15.5 Å². The van der Waals surface area contributed by atoms with Crippen LogP contribution in [0.1, 0.15) is 26.8 Å². The lowest BCUT2D eigenvalue weighted by Crippen LogP contribution is -2.24. The number of hydrogen-bond acceptors (Lipinski definition) is 5. The average Bonchev–Trinajstić information content (AvgIpc) is 3.30. The second kappa shape index (κ2) is 6.42. The maximum absolute atomic E-state index is 12.7. The molecule has 5 nitrogen and oxygen atoms in total. The van der Waals surface area contributed by atoms with Crippen molar-refractivity contribution >= 4 is 34.2 Å². The number of aromatic nitrogens is 3. The van der Waals surface area contributed by atoms with Crippen molar-refractivity contribution in [2.45, 2.75) is 20.4 Å². The van der Waals surface area contributed by atoms with Gasteiger partial charge in [-0.2, -0.15) is 0 Å². The van der Waals surface area contributed by atoms with Crippen molar-refractivity contribution in [1.29, 1.82) is 0 Å². The molecule has 0 bridgehead atoms. The molecular formula is C18H16N4OS2. The third-order valence-electron chi connectivity index (χ3n) is 3.95. The molecule has 4 rings (SSSR count). The fourth-order valence-corrected chi connectivity index (χ4v) is 4.53. The van der Waals surface area contributed by atoms with Crippen molar-refractivity contribution in [3.8, 4) is 9.88 Å². The summed E-state index contributed by atoms with van der Waals surface area (Å²) >= 11 is 3.30. The molecular weight excluding hydrogens is 352 g/mol. The molecule has 0 spiro atoms. The second-order valence-electron chi connectivity index (χ2n) is 5.66. The third-order valence-corrected chi connectivity index (χ3v) is 6.15. The Morgan fingerprint density at radius 1 is 1.16 bits per heavy atom. The van der Waals surface area contributed by atoms with Gasteiger partial charge in [-0.1, -0.05) is 12.1 Å². The van der Waals surface area contributed by atoms with Gasteiger partial charge >= 0.3 is 0 Å². The van der Waals surface area contributed by atoms with E-state index in [1.165, 1.54) is 0 Å². The summed E-state index contributed by atoms with van der Waals surface area (Å²) in [5.74, 6) is -0.123. The number of nitrogens with zero attached hydrogens (tertiary/aromatic N) is 3. The highest BCUT2D eigenvalue weighted by molar-refractivity contribution is 7.21. The molecule has 0 fully saturated rings. The van der Waals surface area contributed by atoms with Crippen LogP contribution >= 0.6 is 22.7 Å². The Morgan fingerprint density at radius 2 is 2.04 bits per heavy atom. The summed E-state index contributed by atoms with van der Waals surface area (Å²) in [5, 5.41) is 6.05. The van der Waals surface area contributed by atoms with E-state index in [0.29, 0.717) is 12.2 Å². The smallest absolute Gasteiger partial charge is 0.270 e. The number of fused-ring (bicyclic) bond motifs is 1. The standard InChI is InChI=1S/C18H16N4OS2/c1-11-14(25-18(21-11)13-6-5-9-24-13)10-19-17(23)16-12(2)20-15-7-3-4-8-22(15)16/h3-9H,10H2,1-2H3,(H,19,23). The van der Waals surface area contributed by atoms with Crippen LogP contribution in [0, 0.1) is 13.8 Å². The van der Waals surface area contributed by atoms with Gasteiger partial charge in [0.05, 0.1) is 22.8 Å². The van der Waals surface area contributed by atoms with Gasteiger partial charge in [-0.3, -0.25) is 9.20 Å². The summed E-state index contributed by atoms with van der Waals surface area (Å²) in [7, 11) is 0. The SMILES string of the molecule is Cc1nc(-c2cccs2)sc1CNC(=O)c1c(C)nc2ccccn12. The highest BCUT2D eigenvalue weighted by atomic mass is 32.1. The largest absolute Gasteiger partial charge is 0.346 e. The quantitative estimate of drug-likeness (QED) is 0.591. The van der Waals surface area contributed by atoms with E-state index in [1.807, 2.05) is 54.1 Å². The summed E-state index contributed by atoms with van der Waals surface area (Å²) in [5.41, 5.74) is 3.04. The van der Waals surface area contributed by atoms with Crippen LogP contribution in [-0.4, -0.2) is 20.3 Å². The number of thiazole rings is 1. The second-order valence-corrected chi connectivity index (χ2v) is 7.69. The molecule has 0 aliphatic heterocycles. The van der Waals surface area contributed by atoms with Crippen LogP contribution < -0.4 is 5.32 Å². The predicted octanol–water partition coefficient (Wildman–Crippen LogP) is 4.07. The van der Waals surface area contributed by atoms with Gasteiger partial charge in [0.25, 0.3) is 5.91 Å². The fourth-order valence-electron chi connectivity index (χ4n) is 2.73. The van der Waals surface area contributed by atoms with Gasteiger partial charge < -0.3 is 5.32 Å². The first-order valence-corrected chi connectivity index (χ1v) is 9.55. The van der Waals surface area contributed by atoms with Gasteiger partial charge in [-0.05, 0) is 37.4 Å². The van der Waals surface area contributed by atoms with Crippen molar-refractivity contribution in [3.05, 3.63) is 63.9 Å². The molecule has 0 atom stereocenters. The molecule has 0 aliphatic rings. The molecule has 0 saturated carbocycles. The van der Waals surface area contributed by atoms with E-state index >= 15 is 0 Å². The van der Waals surface area contributed by atoms with Crippen LogP contribution in [0.3, 0.4) is 0 Å². The lowest BCUT2D eigenvalue weighted by Gasteiger charge is -2.05. The van der Waals surface area contributed by atoms with E-state index in [2.05, 4.69) is 21.4 Å². The monoisotopic (exact) mass is 368 g/mol. The summed E-state index contributed by atoms with van der Waals surface area (Å²) in [6, 6.07) is 9.78. The number of hydrogen-bond donors (Lipinski definition) is 1. The Labute approximate surface area is 153 Å². The lowest BCUT2D eigenvalue weighted by molar-refractivity contribution is 0.0944. The Balaban J connectivity index is 1.55. The maximum atomic E-state index is 12.7. The molecule has 25 heavy (non-hydrogen) atoms. The fraction of sp³-hybridized carbons (Fsp3) is 0.167. The number of carbonyl (C=O) groups excluding carboxylic acids is 1. The van der Waals surface area contributed by atoms with E-state index in [9.17, 15) is 4.79 Å². The number of thiophene rings is 1. The molecule has 126 valence electrons. The van der Waals surface area contributed by atoms with E-state index in [-0.39, 0.29) is 5.91 Å². The topological polar surface area (TPSA) is 59.3 Å². The van der Waals surface area contributed by atoms with E-state index < -0.39 is 0 Å². The number of nitrogens with one attached hydrogen (secondary N) is 1. The highest BCUT2D eigenvalue weighted by Gasteiger charge is 2.17. The molecule has 0 aliphatic carbocycles. The first-order valence-electron chi connectivity index (χ1n) is 7.85. The molecule has 7 heteroatoms. The van der Waals surface area contributed by atoms with E-state index in [1.54, 1.807) is 22.7 Å². The normalized spacial score (nSPS) is 11.1. The van der Waals surface area contributed by atoms with E-state index in [0.717, 1.165) is 31.8 Å². The number of pyridine rings is 1. The highest BCUT2D eigenvalue weighted by Crippen LogP contribution is 2.31. The van der Waals surface area contributed by atoms with Crippen molar-refractivity contribution in [2.24, 2.45) is 0 Å². The van der Waals surface area contributed by atoms with Gasteiger partial charge in [0, 0.05) is 11.1 Å². The van der Waals surface area contributed by atoms with Crippen molar-refractivity contribution < 1.29 is 4.79 Å². The number of carbonyl (C=O) groups is 1. The summed E-state index contributed by atoms with van der Waals surface area (Å²) in [6.45, 7) is 4.30. The molecule has 4 heterocycles. The summed E-state index contributed by atoms with van der Waals surface area (Å²) < 4.78 is 1.82. The summed E-state index contributed by atoms with van der Waals surface area (Å²) in [4.78, 5) is 24.0.